The highest BCUT2D eigenvalue weighted by atomic mass is 16.5. The van der Waals surface area contributed by atoms with Gasteiger partial charge in [-0.05, 0) is 125 Å². The first-order valence-electron chi connectivity index (χ1n) is 14.3. The highest BCUT2D eigenvalue weighted by Crippen LogP contribution is 2.69. The molecule has 1 heterocycles. The minimum absolute atomic E-state index is 0.197. The first-order valence-corrected chi connectivity index (χ1v) is 14.3. The van der Waals surface area contributed by atoms with Crippen molar-refractivity contribution in [3.8, 4) is 0 Å². The number of piperidine rings is 1. The van der Waals surface area contributed by atoms with Gasteiger partial charge in [-0.2, -0.15) is 0 Å². The zero-order valence-electron chi connectivity index (χ0n) is 21.8. The molecule has 5 fully saturated rings. The van der Waals surface area contributed by atoms with Crippen molar-refractivity contribution in [2.45, 2.75) is 116 Å². The highest BCUT2D eigenvalue weighted by molar-refractivity contribution is 5.80. The topological polar surface area (TPSA) is 49.8 Å². The van der Waals surface area contributed by atoms with Crippen LogP contribution in [0.4, 0.5) is 0 Å². The molecular formula is C29H49NO3. The van der Waals surface area contributed by atoms with Gasteiger partial charge in [-0.3, -0.25) is 4.79 Å². The SMILES string of the molecule is CC[C@]12CC[C@](O)(COC)C[C@H]1CC[C@H]1[C@@H]3CC[C@H](C(=O)N4CCCCC4C)[C@@]3(C)CC[C@@H]12. The molecule has 5 rings (SSSR count). The van der Waals surface area contributed by atoms with Gasteiger partial charge in [0.05, 0.1) is 12.2 Å². The monoisotopic (exact) mass is 459 g/mol. The third kappa shape index (κ3) is 3.72. The number of amides is 1. The van der Waals surface area contributed by atoms with E-state index in [9.17, 15) is 9.90 Å². The summed E-state index contributed by atoms with van der Waals surface area (Å²) in [7, 11) is 1.72. The van der Waals surface area contributed by atoms with Crippen molar-refractivity contribution in [1.82, 2.24) is 4.90 Å². The van der Waals surface area contributed by atoms with Gasteiger partial charge in [0, 0.05) is 25.6 Å². The number of fused-ring (bicyclic) bond motifs is 5. The maximum Gasteiger partial charge on any atom is 0.226 e. The fourth-order valence-corrected chi connectivity index (χ4v) is 10.3. The fraction of sp³-hybridized carbons (Fsp3) is 0.966. The van der Waals surface area contributed by atoms with Gasteiger partial charge in [0.2, 0.25) is 5.91 Å². The Bertz CT molecular complexity index is 740. The van der Waals surface area contributed by atoms with Gasteiger partial charge in [-0.25, -0.2) is 0 Å². The Morgan fingerprint density at radius 2 is 1.85 bits per heavy atom. The van der Waals surface area contributed by atoms with Crippen molar-refractivity contribution in [2.75, 3.05) is 20.3 Å². The van der Waals surface area contributed by atoms with Gasteiger partial charge in [-0.15, -0.1) is 0 Å². The van der Waals surface area contributed by atoms with Gasteiger partial charge < -0.3 is 14.7 Å². The van der Waals surface area contributed by atoms with E-state index >= 15 is 0 Å². The number of aliphatic hydroxyl groups is 1. The quantitative estimate of drug-likeness (QED) is 0.577. The van der Waals surface area contributed by atoms with Crippen LogP contribution in [-0.4, -0.2) is 47.8 Å². The standard InChI is InChI=1S/C29H49NO3/c1-5-29-16-15-28(32,19-33-4)18-21(29)9-10-22-23-11-12-25(27(23,3)14-13-24(22)29)26(31)30-17-7-6-8-20(30)2/h20-25,32H,5-19H2,1-4H3/t20?,21-,22+,23+,24+,25-,27+,28-,29+/m1/s1. The summed E-state index contributed by atoms with van der Waals surface area (Å²) in [4.78, 5) is 16.1. The second-order valence-electron chi connectivity index (χ2n) is 13.2. The molecule has 0 radical (unpaired) electrons. The second-order valence-corrected chi connectivity index (χ2v) is 13.2. The van der Waals surface area contributed by atoms with Gasteiger partial charge in [0.25, 0.3) is 0 Å². The van der Waals surface area contributed by atoms with Crippen molar-refractivity contribution in [3.05, 3.63) is 0 Å². The molecule has 9 atom stereocenters. The lowest BCUT2D eigenvalue weighted by Gasteiger charge is -2.63. The summed E-state index contributed by atoms with van der Waals surface area (Å²) in [6.45, 7) is 8.65. The lowest BCUT2D eigenvalue weighted by Crippen LogP contribution is -2.58. The Morgan fingerprint density at radius 3 is 2.58 bits per heavy atom. The van der Waals surface area contributed by atoms with E-state index in [0.717, 1.165) is 50.0 Å². The molecule has 1 amide bonds. The maximum atomic E-state index is 13.8. The molecule has 4 heteroatoms. The van der Waals surface area contributed by atoms with Crippen LogP contribution in [0.25, 0.3) is 0 Å². The van der Waals surface area contributed by atoms with Crippen LogP contribution in [0.15, 0.2) is 0 Å². The molecule has 0 aromatic rings. The van der Waals surface area contributed by atoms with Gasteiger partial charge in [-0.1, -0.05) is 13.8 Å². The van der Waals surface area contributed by atoms with E-state index in [2.05, 4.69) is 25.7 Å². The number of carbonyl (C=O) groups is 1. The number of ether oxygens (including phenoxy) is 1. The average Bonchev–Trinajstić information content (AvgIpc) is 3.16. The van der Waals surface area contributed by atoms with Crippen molar-refractivity contribution < 1.29 is 14.6 Å². The predicted molar refractivity (Wildman–Crippen MR) is 132 cm³/mol. The Hall–Kier alpha value is -0.610. The van der Waals surface area contributed by atoms with Gasteiger partial charge in [0.1, 0.15) is 0 Å². The molecule has 0 bridgehead atoms. The number of nitrogens with zero attached hydrogens (tertiary/aromatic N) is 1. The summed E-state index contributed by atoms with van der Waals surface area (Å²) >= 11 is 0. The zero-order valence-corrected chi connectivity index (χ0v) is 21.8. The number of methoxy groups -OCH3 is 1. The minimum Gasteiger partial charge on any atom is -0.387 e. The van der Waals surface area contributed by atoms with E-state index in [-0.39, 0.29) is 11.3 Å². The number of carbonyl (C=O) groups excluding carboxylic acids is 1. The summed E-state index contributed by atoms with van der Waals surface area (Å²) in [5.41, 5.74) is -0.0273. The first kappa shape index (κ1) is 24.1. The fourth-order valence-electron chi connectivity index (χ4n) is 10.3. The minimum atomic E-state index is -0.621. The predicted octanol–water partition coefficient (Wildman–Crippen LogP) is 5.81. The van der Waals surface area contributed by atoms with Crippen LogP contribution >= 0.6 is 0 Å². The molecule has 1 unspecified atom stereocenters. The van der Waals surface area contributed by atoms with E-state index < -0.39 is 5.60 Å². The summed E-state index contributed by atoms with van der Waals surface area (Å²) in [6.07, 6.45) is 15.3. The Morgan fingerprint density at radius 1 is 1.03 bits per heavy atom. The Kier molecular flexibility index (Phi) is 6.43. The lowest BCUT2D eigenvalue weighted by molar-refractivity contribution is -0.173. The Labute approximate surface area is 202 Å². The molecule has 4 nitrogen and oxygen atoms in total. The molecule has 188 valence electrons. The molecule has 4 saturated carbocycles. The van der Waals surface area contributed by atoms with Crippen molar-refractivity contribution in [2.24, 2.45) is 40.4 Å². The smallest absolute Gasteiger partial charge is 0.226 e. The van der Waals surface area contributed by atoms with Crippen LogP contribution in [0, 0.1) is 40.4 Å². The number of hydrogen-bond donors (Lipinski definition) is 1. The Balaban J connectivity index is 1.36. The van der Waals surface area contributed by atoms with E-state index in [1.54, 1.807) is 7.11 Å². The normalized spacial score (nSPS) is 49.8. The molecule has 5 aliphatic rings. The summed E-state index contributed by atoms with van der Waals surface area (Å²) < 4.78 is 5.41. The molecule has 1 aliphatic heterocycles. The summed E-state index contributed by atoms with van der Waals surface area (Å²) in [6, 6.07) is 0.428. The van der Waals surface area contributed by atoms with E-state index in [0.29, 0.717) is 29.9 Å². The molecule has 0 spiro atoms. The zero-order chi connectivity index (χ0) is 23.4. The van der Waals surface area contributed by atoms with Crippen molar-refractivity contribution in [3.63, 3.8) is 0 Å². The van der Waals surface area contributed by atoms with E-state index in [1.165, 1.54) is 57.8 Å². The molecular weight excluding hydrogens is 410 g/mol. The lowest BCUT2D eigenvalue weighted by atomic mass is 9.42. The molecule has 1 N–H and O–H groups in total. The third-order valence-corrected chi connectivity index (χ3v) is 12.0. The largest absolute Gasteiger partial charge is 0.387 e. The van der Waals surface area contributed by atoms with Crippen LogP contribution < -0.4 is 0 Å². The van der Waals surface area contributed by atoms with Crippen molar-refractivity contribution in [1.29, 1.82) is 0 Å². The van der Waals surface area contributed by atoms with Crippen LogP contribution in [0.2, 0.25) is 0 Å². The van der Waals surface area contributed by atoms with Crippen molar-refractivity contribution >= 4 is 5.91 Å². The average molecular weight is 460 g/mol. The second kappa shape index (κ2) is 8.80. The van der Waals surface area contributed by atoms with E-state index in [1.807, 2.05) is 0 Å². The van der Waals surface area contributed by atoms with Crippen LogP contribution in [0.3, 0.4) is 0 Å². The van der Waals surface area contributed by atoms with Crippen LogP contribution in [-0.2, 0) is 9.53 Å². The van der Waals surface area contributed by atoms with Crippen LogP contribution in [0.1, 0.15) is 104 Å². The molecule has 4 aliphatic carbocycles. The summed E-state index contributed by atoms with van der Waals surface area (Å²) in [5.74, 6) is 3.66. The molecule has 0 aromatic carbocycles. The number of hydrogen-bond acceptors (Lipinski definition) is 3. The third-order valence-electron chi connectivity index (χ3n) is 12.0. The molecule has 0 aromatic heterocycles. The van der Waals surface area contributed by atoms with Gasteiger partial charge in [0.15, 0.2) is 0 Å². The van der Waals surface area contributed by atoms with Crippen LogP contribution in [0.5, 0.6) is 0 Å². The molecule has 1 saturated heterocycles. The first-order chi connectivity index (χ1) is 15.8. The number of rotatable bonds is 4. The maximum absolute atomic E-state index is 13.8. The van der Waals surface area contributed by atoms with Gasteiger partial charge >= 0.3 is 0 Å². The summed E-state index contributed by atoms with van der Waals surface area (Å²) in [5, 5.41) is 11.2. The molecule has 33 heavy (non-hydrogen) atoms. The van der Waals surface area contributed by atoms with E-state index in [4.69, 9.17) is 4.74 Å². The highest BCUT2D eigenvalue weighted by Gasteiger charge is 2.63. The number of likely N-dealkylation sites (tertiary alicyclic amines) is 1.